The van der Waals surface area contributed by atoms with Gasteiger partial charge in [0.1, 0.15) is 11.2 Å². The number of carbonyl (C=O) groups is 3. The number of fused-ring (bicyclic) bond motifs is 1. The lowest BCUT2D eigenvalue weighted by Gasteiger charge is -2.19. The molecule has 0 fully saturated rings. The normalized spacial score (nSPS) is 11.1. The van der Waals surface area contributed by atoms with Gasteiger partial charge in [-0.15, -0.1) is 0 Å². The molecule has 1 heterocycles. The van der Waals surface area contributed by atoms with Crippen molar-refractivity contribution >= 4 is 34.9 Å². The second-order valence-corrected chi connectivity index (χ2v) is 6.08. The topological polar surface area (TPSA) is 130 Å². The molecule has 0 atom stereocenters. The molecular weight excluding hydrogens is 312 g/mol. The van der Waals surface area contributed by atoms with Crippen molar-refractivity contribution in [2.75, 3.05) is 0 Å². The summed E-state index contributed by atoms with van der Waals surface area (Å²) < 4.78 is 6.36. The lowest BCUT2D eigenvalue weighted by atomic mass is 10.1. The molecule has 0 radical (unpaired) electrons. The number of nitrogens with zero attached hydrogens (tertiary/aromatic N) is 2. The first-order valence-corrected chi connectivity index (χ1v) is 7.12. The van der Waals surface area contributed by atoms with Crippen LogP contribution >= 0.6 is 0 Å². The molecule has 2 rings (SSSR count). The van der Waals surface area contributed by atoms with Crippen LogP contribution in [0.3, 0.4) is 0 Å². The summed E-state index contributed by atoms with van der Waals surface area (Å²) >= 11 is 0. The van der Waals surface area contributed by atoms with E-state index in [1.807, 2.05) is 0 Å². The van der Waals surface area contributed by atoms with Crippen LogP contribution in [0.1, 0.15) is 26.5 Å². The Balaban J connectivity index is 2.62. The number of primary amides is 2. The first-order valence-electron chi connectivity index (χ1n) is 7.12. The summed E-state index contributed by atoms with van der Waals surface area (Å²) in [6.45, 7) is 5.20. The Bertz CT molecular complexity index is 843. The molecule has 8 nitrogen and oxygen atoms in total. The maximum atomic E-state index is 12.3. The lowest BCUT2D eigenvalue weighted by molar-refractivity contribution is -0.120. The molecule has 24 heavy (non-hydrogen) atoms. The second-order valence-electron chi connectivity index (χ2n) is 6.08. The summed E-state index contributed by atoms with van der Waals surface area (Å²) in [6, 6.07) is 6.81. The average molecular weight is 330 g/mol. The maximum absolute atomic E-state index is 12.3. The number of para-hydroxylation sites is 1. The largest absolute Gasteiger partial charge is 0.442 e. The van der Waals surface area contributed by atoms with Gasteiger partial charge in [0.2, 0.25) is 0 Å². The molecule has 0 saturated carbocycles. The van der Waals surface area contributed by atoms with E-state index in [0.717, 1.165) is 10.8 Å². The molecule has 0 aliphatic rings. The summed E-state index contributed by atoms with van der Waals surface area (Å²) in [7, 11) is 0. The molecule has 2 amide bonds. The van der Waals surface area contributed by atoms with E-state index in [2.05, 4.69) is 5.10 Å². The molecule has 2 aromatic rings. The number of amides is 2. The third kappa shape index (κ3) is 3.60. The first kappa shape index (κ1) is 17.2. The van der Waals surface area contributed by atoms with Gasteiger partial charge >= 0.3 is 6.09 Å². The fourth-order valence-corrected chi connectivity index (χ4v) is 2.04. The van der Waals surface area contributed by atoms with Gasteiger partial charge in [-0.2, -0.15) is 9.78 Å². The fraction of sp³-hybridized carbons (Fsp3) is 0.250. The van der Waals surface area contributed by atoms with Gasteiger partial charge in [-0.05, 0) is 32.9 Å². The number of benzene rings is 1. The summed E-state index contributed by atoms with van der Waals surface area (Å²) in [6.07, 6.45) is 0.478. The molecule has 1 aromatic carbocycles. The molecule has 4 N–H and O–H groups in total. The SMILES string of the molecule is CC(C)(C)OC(=O)n1nc(C=C(C(N)=O)C(N)=O)c2ccccc21. The highest BCUT2D eigenvalue weighted by molar-refractivity contribution is 6.21. The molecule has 0 bridgehead atoms. The number of aromatic nitrogens is 2. The highest BCUT2D eigenvalue weighted by atomic mass is 16.6. The third-order valence-electron chi connectivity index (χ3n) is 2.99. The third-order valence-corrected chi connectivity index (χ3v) is 2.99. The summed E-state index contributed by atoms with van der Waals surface area (Å²) in [5, 5.41) is 4.67. The Morgan fingerprint density at radius 2 is 1.71 bits per heavy atom. The quantitative estimate of drug-likeness (QED) is 0.495. The summed E-state index contributed by atoms with van der Waals surface area (Å²) in [5.41, 5.74) is 9.86. The zero-order valence-electron chi connectivity index (χ0n) is 13.6. The van der Waals surface area contributed by atoms with E-state index >= 15 is 0 Å². The number of rotatable bonds is 3. The van der Waals surface area contributed by atoms with Crippen LogP contribution in [0.4, 0.5) is 4.79 Å². The predicted molar refractivity (Wildman–Crippen MR) is 87.7 cm³/mol. The van der Waals surface area contributed by atoms with Crippen LogP contribution in [0.15, 0.2) is 29.8 Å². The molecule has 0 aliphatic heterocycles. The van der Waals surface area contributed by atoms with Crippen LogP contribution in [0.5, 0.6) is 0 Å². The second kappa shape index (κ2) is 6.15. The van der Waals surface area contributed by atoms with Crippen LogP contribution in [0.25, 0.3) is 17.0 Å². The van der Waals surface area contributed by atoms with Crippen LogP contribution in [0.2, 0.25) is 0 Å². The molecule has 8 heteroatoms. The summed E-state index contributed by atoms with van der Waals surface area (Å²) in [5.74, 6) is -1.95. The number of hydrogen-bond donors (Lipinski definition) is 2. The standard InChI is InChI=1S/C16H18N4O4/c1-16(2,3)24-15(23)20-12-7-5-4-6-9(12)11(19-20)8-10(13(17)21)14(18)22/h4-8H,1-3H3,(H2,17,21)(H2,18,22). The first-order chi connectivity index (χ1) is 11.1. The Hall–Kier alpha value is -3.16. The van der Waals surface area contributed by atoms with Gasteiger partial charge in [-0.3, -0.25) is 9.59 Å². The van der Waals surface area contributed by atoms with Crippen LogP contribution in [-0.2, 0) is 14.3 Å². The predicted octanol–water partition coefficient (Wildman–Crippen LogP) is 1.17. The minimum Gasteiger partial charge on any atom is -0.442 e. The fourth-order valence-electron chi connectivity index (χ4n) is 2.04. The smallest absolute Gasteiger partial charge is 0.435 e. The van der Waals surface area contributed by atoms with Crippen molar-refractivity contribution < 1.29 is 19.1 Å². The van der Waals surface area contributed by atoms with E-state index in [-0.39, 0.29) is 5.69 Å². The Kier molecular flexibility index (Phi) is 4.41. The molecule has 0 unspecified atom stereocenters. The van der Waals surface area contributed by atoms with Crippen molar-refractivity contribution in [3.8, 4) is 0 Å². The monoisotopic (exact) mass is 330 g/mol. The maximum Gasteiger partial charge on any atom is 0.435 e. The van der Waals surface area contributed by atoms with Crippen molar-refractivity contribution in [2.45, 2.75) is 26.4 Å². The van der Waals surface area contributed by atoms with Crippen molar-refractivity contribution in [1.82, 2.24) is 9.78 Å². The molecule has 1 aromatic heterocycles. The van der Waals surface area contributed by atoms with Gasteiger partial charge in [0.05, 0.1) is 11.2 Å². The van der Waals surface area contributed by atoms with Crippen LogP contribution in [0, 0.1) is 0 Å². The molecular formula is C16H18N4O4. The van der Waals surface area contributed by atoms with E-state index in [1.165, 1.54) is 0 Å². The Morgan fingerprint density at radius 3 is 2.25 bits per heavy atom. The average Bonchev–Trinajstić information content (AvgIpc) is 2.81. The van der Waals surface area contributed by atoms with E-state index in [9.17, 15) is 14.4 Å². The van der Waals surface area contributed by atoms with E-state index in [1.54, 1.807) is 45.0 Å². The Morgan fingerprint density at radius 1 is 1.12 bits per heavy atom. The van der Waals surface area contributed by atoms with Gasteiger partial charge in [0.25, 0.3) is 11.8 Å². The number of ether oxygens (including phenoxy) is 1. The molecule has 126 valence electrons. The highest BCUT2D eigenvalue weighted by Gasteiger charge is 2.22. The van der Waals surface area contributed by atoms with Crippen molar-refractivity contribution in [2.24, 2.45) is 11.5 Å². The highest BCUT2D eigenvalue weighted by Crippen LogP contribution is 2.22. The lowest BCUT2D eigenvalue weighted by Crippen LogP contribution is -2.27. The number of hydrogen-bond acceptors (Lipinski definition) is 5. The van der Waals surface area contributed by atoms with Crippen molar-refractivity contribution in [3.63, 3.8) is 0 Å². The number of nitrogens with two attached hydrogens (primary N) is 2. The van der Waals surface area contributed by atoms with E-state index < -0.39 is 29.1 Å². The zero-order chi connectivity index (χ0) is 18.1. The van der Waals surface area contributed by atoms with Crippen molar-refractivity contribution in [1.29, 1.82) is 0 Å². The van der Waals surface area contributed by atoms with Gasteiger partial charge in [0.15, 0.2) is 0 Å². The van der Waals surface area contributed by atoms with Gasteiger partial charge in [-0.25, -0.2) is 4.79 Å². The Labute approximate surface area is 138 Å². The van der Waals surface area contributed by atoms with Gasteiger partial charge in [0, 0.05) is 5.39 Å². The minimum absolute atomic E-state index is 0.212. The van der Waals surface area contributed by atoms with E-state index in [4.69, 9.17) is 16.2 Å². The van der Waals surface area contributed by atoms with Gasteiger partial charge < -0.3 is 16.2 Å². The van der Waals surface area contributed by atoms with E-state index in [0.29, 0.717) is 10.9 Å². The minimum atomic E-state index is -0.974. The molecule has 0 aliphatic carbocycles. The summed E-state index contributed by atoms with van der Waals surface area (Å²) in [4.78, 5) is 35.0. The van der Waals surface area contributed by atoms with Crippen molar-refractivity contribution in [3.05, 3.63) is 35.5 Å². The van der Waals surface area contributed by atoms with Crippen LogP contribution < -0.4 is 11.5 Å². The van der Waals surface area contributed by atoms with Gasteiger partial charge in [-0.1, -0.05) is 18.2 Å². The molecule has 0 spiro atoms. The molecule has 0 saturated heterocycles. The zero-order valence-corrected chi connectivity index (χ0v) is 13.6. The van der Waals surface area contributed by atoms with Crippen LogP contribution in [-0.4, -0.2) is 33.3 Å². The number of carbonyl (C=O) groups excluding carboxylic acids is 3.